The average Bonchev–Trinajstić information content (AvgIpc) is 2.87. The number of anilines is 3. The molecule has 1 aliphatic heterocycles. The molecule has 0 atom stereocenters. The van der Waals surface area contributed by atoms with E-state index < -0.39 is 34.8 Å². The van der Waals surface area contributed by atoms with E-state index in [2.05, 4.69) is 5.32 Å². The maximum atomic E-state index is 14.1. The minimum absolute atomic E-state index is 0.0706. The van der Waals surface area contributed by atoms with Crippen LogP contribution in [0.4, 0.5) is 39.0 Å². The summed E-state index contributed by atoms with van der Waals surface area (Å²) in [6, 6.07) is 16.4. The highest BCUT2D eigenvalue weighted by molar-refractivity contribution is 6.02. The summed E-state index contributed by atoms with van der Waals surface area (Å²) in [4.78, 5) is 15.2. The fourth-order valence-corrected chi connectivity index (χ4v) is 3.73. The molecule has 176 valence electrons. The third kappa shape index (κ3) is 4.88. The number of benzene rings is 3. The largest absolute Gasteiger partial charge is 0.368 e. The van der Waals surface area contributed by atoms with Crippen molar-refractivity contribution in [2.45, 2.75) is 0 Å². The molecule has 1 heterocycles. The van der Waals surface area contributed by atoms with Crippen LogP contribution in [0.1, 0.15) is 5.56 Å². The van der Waals surface area contributed by atoms with Gasteiger partial charge >= 0.3 is 0 Å². The minimum Gasteiger partial charge on any atom is -0.368 e. The fourth-order valence-electron chi connectivity index (χ4n) is 3.73. The molecule has 1 aliphatic rings. The van der Waals surface area contributed by atoms with Gasteiger partial charge in [0, 0.05) is 43.6 Å². The monoisotopic (exact) mass is 473 g/mol. The van der Waals surface area contributed by atoms with E-state index in [1.807, 2.05) is 35.2 Å². The van der Waals surface area contributed by atoms with E-state index in [4.69, 9.17) is 0 Å². The van der Waals surface area contributed by atoms with Crippen LogP contribution >= 0.6 is 0 Å². The Labute approximate surface area is 192 Å². The van der Waals surface area contributed by atoms with E-state index in [-0.39, 0.29) is 19.0 Å². The Bertz CT molecular complexity index is 1180. The van der Waals surface area contributed by atoms with E-state index in [0.717, 1.165) is 16.2 Å². The van der Waals surface area contributed by atoms with Crippen LogP contribution in [0.15, 0.2) is 60.7 Å². The van der Waals surface area contributed by atoms with Crippen molar-refractivity contribution in [1.29, 1.82) is 0 Å². The Morgan fingerprint density at radius 2 is 1.24 bits per heavy atom. The first-order valence-electron chi connectivity index (χ1n) is 10.5. The summed E-state index contributed by atoms with van der Waals surface area (Å²) in [5.41, 5.74) is 1.39. The van der Waals surface area contributed by atoms with E-state index in [1.54, 1.807) is 30.3 Å². The van der Waals surface area contributed by atoms with Gasteiger partial charge in [0.1, 0.15) is 5.69 Å². The number of carbonyl (C=O) groups is 1. The molecule has 4 rings (SSSR count). The maximum absolute atomic E-state index is 14.1. The molecule has 0 aromatic heterocycles. The van der Waals surface area contributed by atoms with Crippen molar-refractivity contribution in [3.63, 3.8) is 0 Å². The first-order valence-corrected chi connectivity index (χ1v) is 10.5. The normalized spacial score (nSPS) is 14.0. The minimum atomic E-state index is -2.17. The zero-order valence-corrected chi connectivity index (χ0v) is 17.9. The van der Waals surface area contributed by atoms with E-state index >= 15 is 0 Å². The van der Waals surface area contributed by atoms with Crippen LogP contribution in [0.5, 0.6) is 0 Å². The molecule has 0 unspecified atom stereocenters. The summed E-state index contributed by atoms with van der Waals surface area (Å²) >= 11 is 0. The molecule has 0 aliphatic carbocycles. The van der Waals surface area contributed by atoms with Crippen LogP contribution in [0.3, 0.4) is 0 Å². The summed E-state index contributed by atoms with van der Waals surface area (Å²) < 4.78 is 68.5. The molecular formula is C25H20F5N3O. The van der Waals surface area contributed by atoms with Crippen molar-refractivity contribution >= 4 is 29.0 Å². The fraction of sp³-hybridized carbons (Fsp3) is 0.160. The van der Waals surface area contributed by atoms with Gasteiger partial charge in [-0.25, -0.2) is 22.0 Å². The van der Waals surface area contributed by atoms with E-state index in [0.29, 0.717) is 18.8 Å². The molecule has 9 heteroatoms. The Balaban J connectivity index is 1.37. The zero-order chi connectivity index (χ0) is 24.2. The van der Waals surface area contributed by atoms with Crippen LogP contribution in [-0.4, -0.2) is 32.1 Å². The van der Waals surface area contributed by atoms with Crippen LogP contribution < -0.4 is 15.1 Å². The van der Waals surface area contributed by atoms with Gasteiger partial charge in [0.05, 0.1) is 0 Å². The number of piperazine rings is 1. The zero-order valence-electron chi connectivity index (χ0n) is 17.9. The summed E-state index contributed by atoms with van der Waals surface area (Å²) in [5.74, 6) is -10.0. The summed E-state index contributed by atoms with van der Waals surface area (Å²) in [6.07, 6.45) is 3.13. The number of halogens is 5. The summed E-state index contributed by atoms with van der Waals surface area (Å²) in [6.45, 7) is 0.762. The van der Waals surface area contributed by atoms with Crippen molar-refractivity contribution in [2.75, 3.05) is 41.3 Å². The lowest BCUT2D eigenvalue weighted by atomic mass is 10.2. The molecular weight excluding hydrogens is 453 g/mol. The molecule has 3 aromatic rings. The smallest absolute Gasteiger partial charge is 0.248 e. The molecule has 34 heavy (non-hydrogen) atoms. The lowest BCUT2D eigenvalue weighted by Crippen LogP contribution is -2.47. The quantitative estimate of drug-likeness (QED) is 0.235. The van der Waals surface area contributed by atoms with Crippen LogP contribution in [0, 0.1) is 29.1 Å². The standard InChI is InChI=1S/C25H20F5N3O/c26-20-21(27)23(29)25(24(30)22(20)28)33-14-12-32(13-15-33)18-9-7-17(8-10-18)31-19(34)11-6-16-4-2-1-3-5-16/h1-11H,12-15H2,(H,31,34). The number of nitrogens with zero attached hydrogens (tertiary/aromatic N) is 2. The van der Waals surface area contributed by atoms with Crippen LogP contribution in [-0.2, 0) is 4.79 Å². The Morgan fingerprint density at radius 1 is 0.706 bits per heavy atom. The Morgan fingerprint density at radius 3 is 1.82 bits per heavy atom. The molecule has 1 amide bonds. The van der Waals surface area contributed by atoms with Gasteiger partial charge in [0.25, 0.3) is 0 Å². The molecule has 0 bridgehead atoms. The number of rotatable bonds is 5. The van der Waals surface area contributed by atoms with Crippen molar-refractivity contribution in [3.8, 4) is 0 Å². The van der Waals surface area contributed by atoms with Crippen molar-refractivity contribution in [3.05, 3.63) is 95.3 Å². The van der Waals surface area contributed by atoms with Gasteiger partial charge in [-0.2, -0.15) is 0 Å². The third-order valence-corrected chi connectivity index (χ3v) is 5.51. The number of hydrogen-bond donors (Lipinski definition) is 1. The highest BCUT2D eigenvalue weighted by Crippen LogP contribution is 2.31. The van der Waals surface area contributed by atoms with Crippen molar-refractivity contribution < 1.29 is 26.7 Å². The molecule has 0 spiro atoms. The second-order valence-corrected chi connectivity index (χ2v) is 7.67. The lowest BCUT2D eigenvalue weighted by Gasteiger charge is -2.37. The van der Waals surface area contributed by atoms with Gasteiger partial charge in [-0.15, -0.1) is 0 Å². The average molecular weight is 473 g/mol. The highest BCUT2D eigenvalue weighted by Gasteiger charge is 2.30. The first-order chi connectivity index (χ1) is 16.3. The van der Waals surface area contributed by atoms with Crippen LogP contribution in [0.2, 0.25) is 0 Å². The molecule has 3 aromatic carbocycles. The lowest BCUT2D eigenvalue weighted by molar-refractivity contribution is -0.111. The predicted octanol–water partition coefficient (Wildman–Crippen LogP) is 5.36. The van der Waals surface area contributed by atoms with Gasteiger partial charge in [-0.05, 0) is 35.9 Å². The molecule has 4 nitrogen and oxygen atoms in total. The Kier molecular flexibility index (Phi) is 6.81. The summed E-state index contributed by atoms with van der Waals surface area (Å²) in [5, 5.41) is 2.76. The van der Waals surface area contributed by atoms with Gasteiger partial charge in [-0.1, -0.05) is 30.3 Å². The number of carbonyl (C=O) groups excluding carboxylic acids is 1. The second kappa shape index (κ2) is 9.94. The second-order valence-electron chi connectivity index (χ2n) is 7.67. The highest BCUT2D eigenvalue weighted by atomic mass is 19.2. The predicted molar refractivity (Wildman–Crippen MR) is 121 cm³/mol. The van der Waals surface area contributed by atoms with Gasteiger partial charge < -0.3 is 15.1 Å². The van der Waals surface area contributed by atoms with Crippen molar-refractivity contribution in [1.82, 2.24) is 0 Å². The van der Waals surface area contributed by atoms with Crippen molar-refractivity contribution in [2.24, 2.45) is 0 Å². The Hall–Kier alpha value is -3.88. The van der Waals surface area contributed by atoms with Crippen LogP contribution in [0.25, 0.3) is 6.08 Å². The maximum Gasteiger partial charge on any atom is 0.248 e. The van der Waals surface area contributed by atoms with E-state index in [9.17, 15) is 26.7 Å². The topological polar surface area (TPSA) is 35.6 Å². The van der Waals surface area contributed by atoms with E-state index in [1.165, 1.54) is 6.08 Å². The molecule has 1 fully saturated rings. The number of nitrogens with one attached hydrogen (secondary N) is 1. The third-order valence-electron chi connectivity index (χ3n) is 5.51. The first kappa shape index (κ1) is 23.3. The SMILES string of the molecule is O=C(C=Cc1ccccc1)Nc1ccc(N2CCN(c3c(F)c(F)c(F)c(F)c3F)CC2)cc1. The van der Waals surface area contributed by atoms with Gasteiger partial charge in [0.15, 0.2) is 23.3 Å². The molecule has 1 saturated heterocycles. The molecule has 0 radical (unpaired) electrons. The van der Waals surface area contributed by atoms with Gasteiger partial charge in [-0.3, -0.25) is 4.79 Å². The molecule has 1 N–H and O–H groups in total. The molecule has 0 saturated carbocycles. The van der Waals surface area contributed by atoms with Gasteiger partial charge in [0.2, 0.25) is 11.7 Å². The summed E-state index contributed by atoms with van der Waals surface area (Å²) in [7, 11) is 0. The number of hydrogen-bond acceptors (Lipinski definition) is 3. The number of amides is 1.